The van der Waals surface area contributed by atoms with Crippen LogP contribution in [-0.4, -0.2) is 6.54 Å². The summed E-state index contributed by atoms with van der Waals surface area (Å²) in [5, 5.41) is 0. The maximum atomic E-state index is 5.83. The number of benzene rings is 1. The number of rotatable bonds is 3. The van der Waals surface area contributed by atoms with Crippen LogP contribution in [0.5, 0.6) is 0 Å². The number of nitrogens with two attached hydrogens (primary N) is 1. The summed E-state index contributed by atoms with van der Waals surface area (Å²) in [6.07, 6.45) is 1.06. The van der Waals surface area contributed by atoms with Crippen LogP contribution >= 0.6 is 15.9 Å². The first-order chi connectivity index (χ1) is 6.93. The summed E-state index contributed by atoms with van der Waals surface area (Å²) in [6.45, 7) is 7.50. The Kier molecular flexibility index (Phi) is 4.35. The molecular formula is C13H20BrN. The molecule has 0 amide bonds. The number of hydrogen-bond acceptors (Lipinski definition) is 1. The molecule has 1 atom stereocenters. The molecule has 0 radical (unpaired) electrons. The van der Waals surface area contributed by atoms with E-state index in [2.05, 4.69) is 61.0 Å². The monoisotopic (exact) mass is 269 g/mol. The first-order valence-corrected chi connectivity index (χ1v) is 6.17. The minimum atomic E-state index is 0.275. The average molecular weight is 270 g/mol. The Bertz CT molecular complexity index is 315. The van der Waals surface area contributed by atoms with Crippen LogP contribution in [0.2, 0.25) is 0 Å². The van der Waals surface area contributed by atoms with Crippen molar-refractivity contribution in [1.29, 1.82) is 0 Å². The lowest BCUT2D eigenvalue weighted by atomic mass is 9.77. The first kappa shape index (κ1) is 12.7. The average Bonchev–Trinajstić information content (AvgIpc) is 2.12. The van der Waals surface area contributed by atoms with Crippen molar-refractivity contribution in [3.63, 3.8) is 0 Å². The second kappa shape index (κ2) is 5.13. The molecule has 84 valence electrons. The van der Waals surface area contributed by atoms with E-state index in [1.165, 1.54) is 5.56 Å². The van der Waals surface area contributed by atoms with Gasteiger partial charge in [-0.2, -0.15) is 0 Å². The molecule has 0 aliphatic heterocycles. The molecule has 2 heteroatoms. The SMILES string of the molecule is CC(C)(C)C(CN)Cc1cccc(Br)c1. The normalized spacial score (nSPS) is 13.9. The molecule has 0 aliphatic rings. The van der Waals surface area contributed by atoms with Gasteiger partial charge < -0.3 is 5.73 Å². The lowest BCUT2D eigenvalue weighted by molar-refractivity contribution is 0.246. The second-order valence-corrected chi connectivity index (χ2v) is 6.05. The molecule has 1 rings (SSSR count). The van der Waals surface area contributed by atoms with Crippen molar-refractivity contribution >= 4 is 15.9 Å². The van der Waals surface area contributed by atoms with Crippen molar-refractivity contribution in [2.24, 2.45) is 17.1 Å². The van der Waals surface area contributed by atoms with Gasteiger partial charge in [-0.1, -0.05) is 48.8 Å². The van der Waals surface area contributed by atoms with Gasteiger partial charge in [0.1, 0.15) is 0 Å². The van der Waals surface area contributed by atoms with E-state index >= 15 is 0 Å². The molecule has 0 aromatic heterocycles. The van der Waals surface area contributed by atoms with Crippen molar-refractivity contribution in [1.82, 2.24) is 0 Å². The molecule has 0 aliphatic carbocycles. The Labute approximate surface area is 101 Å². The highest BCUT2D eigenvalue weighted by molar-refractivity contribution is 9.10. The van der Waals surface area contributed by atoms with Crippen molar-refractivity contribution in [2.75, 3.05) is 6.54 Å². The van der Waals surface area contributed by atoms with E-state index in [0.717, 1.165) is 17.4 Å². The molecule has 0 fully saturated rings. The molecule has 15 heavy (non-hydrogen) atoms. The predicted octanol–water partition coefficient (Wildman–Crippen LogP) is 3.61. The molecule has 0 saturated carbocycles. The van der Waals surface area contributed by atoms with Crippen LogP contribution in [-0.2, 0) is 6.42 Å². The van der Waals surface area contributed by atoms with Crippen LogP contribution in [0.1, 0.15) is 26.3 Å². The molecule has 1 aromatic carbocycles. The molecule has 1 nitrogen and oxygen atoms in total. The van der Waals surface area contributed by atoms with Crippen LogP contribution in [0.25, 0.3) is 0 Å². The molecule has 2 N–H and O–H groups in total. The summed E-state index contributed by atoms with van der Waals surface area (Å²) < 4.78 is 1.14. The van der Waals surface area contributed by atoms with Crippen LogP contribution in [0.3, 0.4) is 0 Å². The van der Waals surface area contributed by atoms with Crippen molar-refractivity contribution in [3.05, 3.63) is 34.3 Å². The van der Waals surface area contributed by atoms with Gasteiger partial charge in [0.05, 0.1) is 0 Å². The summed E-state index contributed by atoms with van der Waals surface area (Å²) in [5.74, 6) is 0.534. The standard InChI is InChI=1S/C13H20BrN/c1-13(2,3)11(9-15)7-10-5-4-6-12(14)8-10/h4-6,8,11H,7,9,15H2,1-3H3. The van der Waals surface area contributed by atoms with Crippen LogP contribution in [0.15, 0.2) is 28.7 Å². The number of hydrogen-bond donors (Lipinski definition) is 1. The van der Waals surface area contributed by atoms with Gasteiger partial charge in [0.25, 0.3) is 0 Å². The highest BCUT2D eigenvalue weighted by Gasteiger charge is 2.23. The molecule has 0 bridgehead atoms. The fraction of sp³-hybridized carbons (Fsp3) is 0.538. The zero-order chi connectivity index (χ0) is 11.5. The summed E-state index contributed by atoms with van der Waals surface area (Å²) in [7, 11) is 0. The predicted molar refractivity (Wildman–Crippen MR) is 69.8 cm³/mol. The fourth-order valence-electron chi connectivity index (χ4n) is 1.69. The van der Waals surface area contributed by atoms with E-state index in [1.807, 2.05) is 0 Å². The maximum absolute atomic E-state index is 5.83. The Morgan fingerprint density at radius 3 is 2.47 bits per heavy atom. The lowest BCUT2D eigenvalue weighted by Crippen LogP contribution is -2.29. The minimum absolute atomic E-state index is 0.275. The van der Waals surface area contributed by atoms with Gasteiger partial charge in [0, 0.05) is 4.47 Å². The zero-order valence-corrected chi connectivity index (χ0v) is 11.3. The minimum Gasteiger partial charge on any atom is -0.330 e. The van der Waals surface area contributed by atoms with Crippen molar-refractivity contribution in [3.8, 4) is 0 Å². The number of halogens is 1. The lowest BCUT2D eigenvalue weighted by Gasteiger charge is -2.29. The highest BCUT2D eigenvalue weighted by Crippen LogP contribution is 2.28. The molecule has 0 heterocycles. The first-order valence-electron chi connectivity index (χ1n) is 5.38. The van der Waals surface area contributed by atoms with Gasteiger partial charge in [-0.05, 0) is 42.0 Å². The summed E-state index contributed by atoms with van der Waals surface area (Å²) in [6, 6.07) is 8.47. The van der Waals surface area contributed by atoms with Gasteiger partial charge in [0.2, 0.25) is 0 Å². The van der Waals surface area contributed by atoms with Gasteiger partial charge in [0.15, 0.2) is 0 Å². The van der Waals surface area contributed by atoms with Gasteiger partial charge >= 0.3 is 0 Å². The third kappa shape index (κ3) is 3.96. The van der Waals surface area contributed by atoms with Crippen molar-refractivity contribution in [2.45, 2.75) is 27.2 Å². The Morgan fingerprint density at radius 2 is 2.00 bits per heavy atom. The van der Waals surface area contributed by atoms with Crippen LogP contribution < -0.4 is 5.73 Å². The van der Waals surface area contributed by atoms with E-state index in [9.17, 15) is 0 Å². The maximum Gasteiger partial charge on any atom is 0.0177 e. The summed E-state index contributed by atoms with van der Waals surface area (Å²) in [4.78, 5) is 0. The van der Waals surface area contributed by atoms with Crippen LogP contribution in [0, 0.1) is 11.3 Å². The molecule has 0 saturated heterocycles. The van der Waals surface area contributed by atoms with Gasteiger partial charge in [-0.15, -0.1) is 0 Å². The topological polar surface area (TPSA) is 26.0 Å². The Hall–Kier alpha value is -0.340. The van der Waals surface area contributed by atoms with Gasteiger partial charge in [-0.25, -0.2) is 0 Å². The van der Waals surface area contributed by atoms with E-state index in [-0.39, 0.29) is 5.41 Å². The smallest absolute Gasteiger partial charge is 0.0177 e. The summed E-state index contributed by atoms with van der Waals surface area (Å²) >= 11 is 3.49. The Balaban J connectivity index is 2.76. The molecule has 0 spiro atoms. The largest absolute Gasteiger partial charge is 0.330 e. The Morgan fingerprint density at radius 1 is 1.33 bits per heavy atom. The van der Waals surface area contributed by atoms with Crippen LogP contribution in [0.4, 0.5) is 0 Å². The third-order valence-corrected chi connectivity index (χ3v) is 3.37. The molecular weight excluding hydrogens is 250 g/mol. The molecule has 1 aromatic rings. The zero-order valence-electron chi connectivity index (χ0n) is 9.76. The van der Waals surface area contributed by atoms with Gasteiger partial charge in [-0.3, -0.25) is 0 Å². The molecule has 1 unspecified atom stereocenters. The van der Waals surface area contributed by atoms with E-state index < -0.39 is 0 Å². The quantitative estimate of drug-likeness (QED) is 0.892. The second-order valence-electron chi connectivity index (χ2n) is 5.13. The van der Waals surface area contributed by atoms with E-state index in [4.69, 9.17) is 5.73 Å². The van der Waals surface area contributed by atoms with E-state index in [1.54, 1.807) is 0 Å². The highest BCUT2D eigenvalue weighted by atomic mass is 79.9. The van der Waals surface area contributed by atoms with Crippen molar-refractivity contribution < 1.29 is 0 Å². The third-order valence-electron chi connectivity index (χ3n) is 2.88. The fourth-order valence-corrected chi connectivity index (χ4v) is 2.14. The summed E-state index contributed by atoms with van der Waals surface area (Å²) in [5.41, 5.74) is 7.46. The van der Waals surface area contributed by atoms with E-state index in [0.29, 0.717) is 5.92 Å².